The topological polar surface area (TPSA) is 25.8 Å². The van der Waals surface area contributed by atoms with Crippen LogP contribution < -0.4 is 0 Å². The minimum atomic E-state index is -0.454. The zero-order chi connectivity index (χ0) is 42.9. The summed E-state index contributed by atoms with van der Waals surface area (Å²) in [5.41, 5.74) is 23.6. The molecular formula is C63H40N2. The predicted octanol–water partition coefficient (Wildman–Crippen LogP) is 16.0. The first kappa shape index (κ1) is 37.1. The lowest BCUT2D eigenvalue weighted by Gasteiger charge is -2.30. The van der Waals surface area contributed by atoms with Crippen molar-refractivity contribution in [2.75, 3.05) is 0 Å². The van der Waals surface area contributed by atoms with Gasteiger partial charge in [-0.15, -0.1) is 0 Å². The van der Waals surface area contributed by atoms with E-state index in [2.05, 4.69) is 206 Å². The SMILES string of the molecule is c1ccc(-c2cc(-c3ccccn3)cc(-c3ccccc3-c3cccc(-c4cccc5c4-c4ccccc4C54c5ccccc5-c5cc(-c6ccc7ccccc7c6)ccc54)c3)c2)nc1. The number of benzene rings is 9. The molecular weight excluding hydrogens is 785 g/mol. The summed E-state index contributed by atoms with van der Waals surface area (Å²) in [5, 5.41) is 2.51. The zero-order valence-corrected chi connectivity index (χ0v) is 35.5. The van der Waals surface area contributed by atoms with Crippen LogP contribution in [0.4, 0.5) is 0 Å². The molecule has 2 heterocycles. The van der Waals surface area contributed by atoms with E-state index in [1.54, 1.807) is 0 Å². The maximum atomic E-state index is 4.75. The molecule has 0 fully saturated rings. The highest BCUT2D eigenvalue weighted by molar-refractivity contribution is 6.01. The minimum Gasteiger partial charge on any atom is -0.256 e. The molecule has 13 rings (SSSR count). The first-order chi connectivity index (χ1) is 32.2. The van der Waals surface area contributed by atoms with Gasteiger partial charge in [-0.05, 0) is 160 Å². The maximum absolute atomic E-state index is 4.75. The molecule has 0 bridgehead atoms. The van der Waals surface area contributed by atoms with Crippen LogP contribution in [0.3, 0.4) is 0 Å². The fourth-order valence-corrected chi connectivity index (χ4v) is 11.0. The first-order valence-electron chi connectivity index (χ1n) is 22.4. The molecule has 9 aromatic carbocycles. The van der Waals surface area contributed by atoms with Crippen molar-refractivity contribution in [2.24, 2.45) is 0 Å². The van der Waals surface area contributed by atoms with E-state index in [0.717, 1.165) is 39.2 Å². The summed E-state index contributed by atoms with van der Waals surface area (Å²) in [7, 11) is 0. The smallest absolute Gasteiger partial charge is 0.0725 e. The van der Waals surface area contributed by atoms with Gasteiger partial charge < -0.3 is 0 Å². The van der Waals surface area contributed by atoms with Crippen molar-refractivity contribution >= 4 is 10.8 Å². The normalized spacial score (nSPS) is 14.2. The summed E-state index contributed by atoms with van der Waals surface area (Å²) in [4.78, 5) is 9.49. The van der Waals surface area contributed by atoms with Crippen molar-refractivity contribution in [1.29, 1.82) is 0 Å². The summed E-state index contributed by atoms with van der Waals surface area (Å²) in [5.74, 6) is 0. The van der Waals surface area contributed by atoms with Crippen LogP contribution in [0.1, 0.15) is 22.3 Å². The van der Waals surface area contributed by atoms with Crippen LogP contribution in [0, 0.1) is 0 Å². The van der Waals surface area contributed by atoms with Gasteiger partial charge in [0.1, 0.15) is 0 Å². The van der Waals surface area contributed by atoms with Crippen molar-refractivity contribution in [3.63, 3.8) is 0 Å². The average molecular weight is 825 g/mol. The van der Waals surface area contributed by atoms with Gasteiger partial charge in [-0.3, -0.25) is 9.97 Å². The number of rotatable bonds is 6. The number of nitrogens with zero attached hydrogens (tertiary/aromatic N) is 2. The molecule has 2 nitrogen and oxygen atoms in total. The molecule has 1 spiro atoms. The Morgan fingerprint density at radius 1 is 0.246 bits per heavy atom. The molecule has 0 radical (unpaired) electrons. The molecule has 2 aromatic heterocycles. The standard InChI is InChI=1S/C63H40N2/c1-2-16-42-35-43(30-29-41(42)15-1)44-31-32-58-55(40-44)53-21-5-7-24-56(53)63(58)57-25-8-6-22-54(57)62-52(23-14-26-59(62)63)46-18-13-17-45(36-46)50-19-3-4-20-51(50)47-37-48(60-27-9-11-33-64-60)39-49(38-47)61-28-10-12-34-65-61/h1-40H. The van der Waals surface area contributed by atoms with Gasteiger partial charge in [0.25, 0.3) is 0 Å². The van der Waals surface area contributed by atoms with Gasteiger partial charge in [0.05, 0.1) is 16.8 Å². The average Bonchev–Trinajstić information content (AvgIpc) is 3.86. The lowest BCUT2D eigenvalue weighted by molar-refractivity contribution is 0.794. The number of aromatic nitrogens is 2. The first-order valence-corrected chi connectivity index (χ1v) is 22.4. The zero-order valence-electron chi connectivity index (χ0n) is 35.5. The number of pyridine rings is 2. The summed E-state index contributed by atoms with van der Waals surface area (Å²) in [6, 6.07) is 84.6. The second-order valence-electron chi connectivity index (χ2n) is 17.2. The van der Waals surface area contributed by atoms with E-state index in [1.165, 1.54) is 83.1 Å². The van der Waals surface area contributed by atoms with Crippen molar-refractivity contribution in [3.05, 3.63) is 265 Å². The van der Waals surface area contributed by atoms with E-state index in [1.807, 2.05) is 36.7 Å². The molecule has 2 aliphatic carbocycles. The lowest BCUT2D eigenvalue weighted by atomic mass is 9.70. The van der Waals surface area contributed by atoms with E-state index in [4.69, 9.17) is 9.97 Å². The molecule has 1 unspecified atom stereocenters. The maximum Gasteiger partial charge on any atom is 0.0725 e. The van der Waals surface area contributed by atoms with Crippen LogP contribution >= 0.6 is 0 Å². The van der Waals surface area contributed by atoms with Crippen molar-refractivity contribution in [1.82, 2.24) is 9.97 Å². The van der Waals surface area contributed by atoms with Crippen LogP contribution in [0.25, 0.3) is 100 Å². The quantitative estimate of drug-likeness (QED) is 0.167. The molecule has 1 atom stereocenters. The van der Waals surface area contributed by atoms with E-state index < -0.39 is 5.41 Å². The Morgan fingerprint density at radius 2 is 0.738 bits per heavy atom. The Hall–Kier alpha value is -8.46. The molecule has 302 valence electrons. The molecule has 2 aliphatic rings. The van der Waals surface area contributed by atoms with Crippen molar-refractivity contribution in [3.8, 4) is 89.3 Å². The molecule has 0 amide bonds. The van der Waals surface area contributed by atoms with E-state index >= 15 is 0 Å². The van der Waals surface area contributed by atoms with Crippen LogP contribution in [0.2, 0.25) is 0 Å². The third-order valence-electron chi connectivity index (χ3n) is 13.8. The summed E-state index contributed by atoms with van der Waals surface area (Å²) in [6.45, 7) is 0. The Kier molecular flexibility index (Phi) is 8.47. The molecule has 0 saturated heterocycles. The summed E-state index contributed by atoms with van der Waals surface area (Å²) in [6.07, 6.45) is 3.71. The van der Waals surface area contributed by atoms with Crippen LogP contribution in [-0.4, -0.2) is 9.97 Å². The van der Waals surface area contributed by atoms with Crippen LogP contribution in [0.5, 0.6) is 0 Å². The molecule has 0 N–H and O–H groups in total. The fraction of sp³-hybridized carbons (Fsp3) is 0.0159. The largest absolute Gasteiger partial charge is 0.256 e. The Morgan fingerprint density at radius 3 is 1.46 bits per heavy atom. The van der Waals surface area contributed by atoms with Crippen LogP contribution in [-0.2, 0) is 5.41 Å². The van der Waals surface area contributed by atoms with Gasteiger partial charge in [0.15, 0.2) is 0 Å². The summed E-state index contributed by atoms with van der Waals surface area (Å²) >= 11 is 0. The third kappa shape index (κ3) is 5.81. The number of hydrogen-bond acceptors (Lipinski definition) is 2. The van der Waals surface area contributed by atoms with Gasteiger partial charge in [-0.2, -0.15) is 0 Å². The molecule has 0 aliphatic heterocycles. The molecule has 0 saturated carbocycles. The Balaban J connectivity index is 0.965. The summed E-state index contributed by atoms with van der Waals surface area (Å²) < 4.78 is 0. The Bertz CT molecular complexity index is 3610. The fourth-order valence-electron chi connectivity index (χ4n) is 11.0. The van der Waals surface area contributed by atoms with Gasteiger partial charge in [-0.1, -0.05) is 170 Å². The molecule has 2 heteroatoms. The van der Waals surface area contributed by atoms with Gasteiger partial charge in [-0.25, -0.2) is 0 Å². The third-order valence-corrected chi connectivity index (χ3v) is 13.8. The van der Waals surface area contributed by atoms with Crippen molar-refractivity contribution in [2.45, 2.75) is 5.41 Å². The van der Waals surface area contributed by atoms with E-state index in [-0.39, 0.29) is 0 Å². The monoisotopic (exact) mass is 824 g/mol. The lowest BCUT2D eigenvalue weighted by Crippen LogP contribution is -2.25. The predicted molar refractivity (Wildman–Crippen MR) is 268 cm³/mol. The molecule has 11 aromatic rings. The number of hydrogen-bond donors (Lipinski definition) is 0. The van der Waals surface area contributed by atoms with E-state index in [0.29, 0.717) is 0 Å². The van der Waals surface area contributed by atoms with E-state index in [9.17, 15) is 0 Å². The second kappa shape index (κ2) is 14.8. The Labute approximate surface area is 378 Å². The highest BCUT2D eigenvalue weighted by Crippen LogP contribution is 2.64. The van der Waals surface area contributed by atoms with Gasteiger partial charge >= 0.3 is 0 Å². The highest BCUT2D eigenvalue weighted by atomic mass is 14.7. The van der Waals surface area contributed by atoms with Gasteiger partial charge in [0, 0.05) is 23.5 Å². The minimum absolute atomic E-state index is 0.454. The van der Waals surface area contributed by atoms with Crippen LogP contribution in [0.15, 0.2) is 243 Å². The number of fused-ring (bicyclic) bond motifs is 11. The second-order valence-corrected chi connectivity index (χ2v) is 17.2. The highest BCUT2D eigenvalue weighted by Gasteiger charge is 2.52. The van der Waals surface area contributed by atoms with Gasteiger partial charge in [0.2, 0.25) is 0 Å². The molecule has 65 heavy (non-hydrogen) atoms. The van der Waals surface area contributed by atoms with Crippen molar-refractivity contribution < 1.29 is 0 Å².